The van der Waals surface area contributed by atoms with E-state index in [0.717, 1.165) is 64.7 Å². The maximum atomic E-state index is 12.5. The molecule has 0 bridgehead atoms. The van der Waals surface area contributed by atoms with Crippen molar-refractivity contribution in [1.82, 2.24) is 9.80 Å². The monoisotopic (exact) mass is 510 g/mol. The van der Waals surface area contributed by atoms with Crippen molar-refractivity contribution in [2.75, 3.05) is 40.3 Å². The number of ether oxygens (including phenoxy) is 2. The van der Waals surface area contributed by atoms with Crippen molar-refractivity contribution in [3.05, 3.63) is 0 Å². The third-order valence-electron chi connectivity index (χ3n) is 7.20. The number of rotatable bonds is 23. The second-order valence-corrected chi connectivity index (χ2v) is 11.1. The number of likely N-dealkylation sites (tertiary alicyclic amines) is 1. The van der Waals surface area contributed by atoms with Crippen LogP contribution >= 0.6 is 0 Å². The summed E-state index contributed by atoms with van der Waals surface area (Å²) in [6.07, 6.45) is 19.7. The van der Waals surface area contributed by atoms with Crippen LogP contribution in [0.4, 0.5) is 0 Å². The molecule has 1 rings (SSSR count). The summed E-state index contributed by atoms with van der Waals surface area (Å²) in [4.78, 5) is 28.8. The summed E-state index contributed by atoms with van der Waals surface area (Å²) < 4.78 is 11.5. The van der Waals surface area contributed by atoms with Gasteiger partial charge in [-0.25, -0.2) is 0 Å². The van der Waals surface area contributed by atoms with Gasteiger partial charge in [-0.05, 0) is 65.6 Å². The Labute approximate surface area is 222 Å². The van der Waals surface area contributed by atoms with Gasteiger partial charge in [0.15, 0.2) is 0 Å². The minimum atomic E-state index is -0.0887. The Morgan fingerprint density at radius 3 is 2.08 bits per heavy atom. The van der Waals surface area contributed by atoms with Gasteiger partial charge >= 0.3 is 11.9 Å². The standard InChI is InChI=1S/C30H58N2O4/c1-5-7-9-11-12-15-19-27(18-14-10-8-6-2)35-29(33)20-16-13-17-23-32-25-21-28(26-32)36-30(34)22-24-31(3)4/h27-28H,5-26H2,1-4H3. The van der Waals surface area contributed by atoms with E-state index in [4.69, 9.17) is 9.47 Å². The summed E-state index contributed by atoms with van der Waals surface area (Å²) in [5.41, 5.74) is 0. The highest BCUT2D eigenvalue weighted by atomic mass is 16.5. The second kappa shape index (κ2) is 21.9. The Bertz CT molecular complexity index is 555. The van der Waals surface area contributed by atoms with Crippen LogP contribution in [-0.4, -0.2) is 74.2 Å². The molecule has 2 unspecified atom stereocenters. The maximum Gasteiger partial charge on any atom is 0.307 e. The SMILES string of the molecule is CCCCCCCCC(CCCCCC)OC(=O)CCCCCN1CCC(OC(=O)CCN(C)C)C1. The van der Waals surface area contributed by atoms with Crippen LogP contribution in [0.1, 0.15) is 129 Å². The van der Waals surface area contributed by atoms with E-state index in [2.05, 4.69) is 18.7 Å². The number of hydrogen-bond donors (Lipinski definition) is 0. The predicted molar refractivity (Wildman–Crippen MR) is 149 cm³/mol. The molecule has 1 saturated heterocycles. The molecule has 0 aromatic carbocycles. The number of nitrogens with zero attached hydrogens (tertiary/aromatic N) is 2. The minimum Gasteiger partial charge on any atom is -0.462 e. The highest BCUT2D eigenvalue weighted by molar-refractivity contribution is 5.70. The van der Waals surface area contributed by atoms with Crippen LogP contribution in [0.2, 0.25) is 0 Å². The normalized spacial score (nSPS) is 17.0. The van der Waals surface area contributed by atoms with E-state index in [1.165, 1.54) is 64.2 Å². The number of hydrogen-bond acceptors (Lipinski definition) is 6. The number of carbonyl (C=O) groups is 2. The van der Waals surface area contributed by atoms with Crippen LogP contribution < -0.4 is 0 Å². The molecule has 0 aromatic rings. The van der Waals surface area contributed by atoms with Crippen molar-refractivity contribution in [2.45, 2.75) is 142 Å². The first-order valence-electron chi connectivity index (χ1n) is 15.2. The molecule has 0 saturated carbocycles. The average molecular weight is 511 g/mol. The predicted octanol–water partition coefficient (Wildman–Crippen LogP) is 6.75. The molecule has 212 valence electrons. The molecule has 6 nitrogen and oxygen atoms in total. The van der Waals surface area contributed by atoms with Gasteiger partial charge in [0, 0.05) is 26.1 Å². The van der Waals surface area contributed by atoms with Gasteiger partial charge in [-0.1, -0.05) is 71.6 Å². The highest BCUT2D eigenvalue weighted by Crippen LogP contribution is 2.18. The van der Waals surface area contributed by atoms with Crippen LogP contribution in [0, 0.1) is 0 Å². The molecule has 1 aliphatic rings. The van der Waals surface area contributed by atoms with Gasteiger partial charge in [0.2, 0.25) is 0 Å². The van der Waals surface area contributed by atoms with E-state index in [0.29, 0.717) is 12.8 Å². The quantitative estimate of drug-likeness (QED) is 0.112. The summed E-state index contributed by atoms with van der Waals surface area (Å²) in [6, 6.07) is 0. The molecule has 36 heavy (non-hydrogen) atoms. The summed E-state index contributed by atoms with van der Waals surface area (Å²) in [5.74, 6) is -0.0958. The molecule has 1 heterocycles. The molecule has 0 spiro atoms. The minimum absolute atomic E-state index is 0.00709. The summed E-state index contributed by atoms with van der Waals surface area (Å²) >= 11 is 0. The van der Waals surface area contributed by atoms with Crippen molar-refractivity contribution >= 4 is 11.9 Å². The van der Waals surface area contributed by atoms with Gasteiger partial charge in [0.25, 0.3) is 0 Å². The Kier molecular flexibility index (Phi) is 20.0. The van der Waals surface area contributed by atoms with E-state index in [9.17, 15) is 9.59 Å². The lowest BCUT2D eigenvalue weighted by Crippen LogP contribution is -2.27. The van der Waals surface area contributed by atoms with Crippen LogP contribution in [0.25, 0.3) is 0 Å². The topological polar surface area (TPSA) is 59.1 Å². The van der Waals surface area contributed by atoms with Gasteiger partial charge in [-0.2, -0.15) is 0 Å². The van der Waals surface area contributed by atoms with Crippen LogP contribution in [0.5, 0.6) is 0 Å². The summed E-state index contributed by atoms with van der Waals surface area (Å²) in [5, 5.41) is 0. The first-order valence-corrected chi connectivity index (χ1v) is 15.2. The number of carbonyl (C=O) groups excluding carboxylic acids is 2. The fourth-order valence-electron chi connectivity index (χ4n) is 4.90. The average Bonchev–Trinajstić information content (AvgIpc) is 3.29. The van der Waals surface area contributed by atoms with Crippen LogP contribution in [0.3, 0.4) is 0 Å². The molecule has 1 fully saturated rings. The first-order chi connectivity index (χ1) is 17.4. The fourth-order valence-corrected chi connectivity index (χ4v) is 4.90. The smallest absolute Gasteiger partial charge is 0.307 e. The second-order valence-electron chi connectivity index (χ2n) is 11.1. The summed E-state index contributed by atoms with van der Waals surface area (Å²) in [6.45, 7) is 8.06. The largest absolute Gasteiger partial charge is 0.462 e. The van der Waals surface area contributed by atoms with Gasteiger partial charge in [-0.15, -0.1) is 0 Å². The zero-order valence-corrected chi connectivity index (χ0v) is 24.2. The number of esters is 2. The zero-order valence-electron chi connectivity index (χ0n) is 24.2. The van der Waals surface area contributed by atoms with Gasteiger partial charge in [0.05, 0.1) is 6.42 Å². The Morgan fingerprint density at radius 1 is 0.806 bits per heavy atom. The van der Waals surface area contributed by atoms with Crippen molar-refractivity contribution in [2.24, 2.45) is 0 Å². The van der Waals surface area contributed by atoms with E-state index in [1.54, 1.807) is 0 Å². The molecule has 0 aromatic heterocycles. The molecular formula is C30H58N2O4. The van der Waals surface area contributed by atoms with Crippen LogP contribution in [0.15, 0.2) is 0 Å². The maximum absolute atomic E-state index is 12.5. The van der Waals surface area contributed by atoms with E-state index in [1.807, 2.05) is 19.0 Å². The van der Waals surface area contributed by atoms with Crippen molar-refractivity contribution in [3.8, 4) is 0 Å². The van der Waals surface area contributed by atoms with Gasteiger partial charge in [0.1, 0.15) is 12.2 Å². The van der Waals surface area contributed by atoms with Crippen molar-refractivity contribution in [1.29, 1.82) is 0 Å². The highest BCUT2D eigenvalue weighted by Gasteiger charge is 2.25. The lowest BCUT2D eigenvalue weighted by Gasteiger charge is -2.18. The molecule has 1 aliphatic heterocycles. The number of unbranched alkanes of at least 4 members (excludes halogenated alkanes) is 10. The van der Waals surface area contributed by atoms with Crippen molar-refractivity contribution in [3.63, 3.8) is 0 Å². The lowest BCUT2D eigenvalue weighted by molar-refractivity contribution is -0.150. The molecule has 6 heteroatoms. The molecule has 0 N–H and O–H groups in total. The Morgan fingerprint density at radius 2 is 1.42 bits per heavy atom. The Balaban J connectivity index is 2.16. The third-order valence-corrected chi connectivity index (χ3v) is 7.20. The first kappa shape index (κ1) is 32.9. The molecule has 2 atom stereocenters. The van der Waals surface area contributed by atoms with E-state index >= 15 is 0 Å². The lowest BCUT2D eigenvalue weighted by atomic mass is 10.0. The summed E-state index contributed by atoms with van der Waals surface area (Å²) in [7, 11) is 3.93. The molecule has 0 amide bonds. The third kappa shape index (κ3) is 18.2. The molecule has 0 aliphatic carbocycles. The van der Waals surface area contributed by atoms with E-state index < -0.39 is 0 Å². The van der Waals surface area contributed by atoms with Gasteiger partial charge < -0.3 is 14.4 Å². The fraction of sp³-hybridized carbons (Fsp3) is 0.933. The molecular weight excluding hydrogens is 452 g/mol. The van der Waals surface area contributed by atoms with Crippen LogP contribution in [-0.2, 0) is 19.1 Å². The zero-order chi connectivity index (χ0) is 26.4. The van der Waals surface area contributed by atoms with Gasteiger partial charge in [-0.3, -0.25) is 14.5 Å². The molecule has 0 radical (unpaired) electrons. The van der Waals surface area contributed by atoms with Crippen molar-refractivity contribution < 1.29 is 19.1 Å². The Hall–Kier alpha value is -1.14. The van der Waals surface area contributed by atoms with E-state index in [-0.39, 0.29) is 24.1 Å².